The lowest BCUT2D eigenvalue weighted by atomic mass is 10.1. The lowest BCUT2D eigenvalue weighted by Gasteiger charge is -2.10. The van der Waals surface area contributed by atoms with E-state index in [1.54, 1.807) is 6.07 Å². The number of nitrogens with two attached hydrogens (primary N) is 1. The SMILES string of the molecule is N=C(N)c1cccc(CNC(=O)[C@H]2CCNC2)c1.O=C(O)C(F)(F)F.O=C(O)C(F)(F)F. The van der Waals surface area contributed by atoms with Crippen molar-refractivity contribution < 1.29 is 50.9 Å². The van der Waals surface area contributed by atoms with Gasteiger partial charge >= 0.3 is 24.3 Å². The maximum absolute atomic E-state index is 11.8. The topological polar surface area (TPSA) is 166 Å². The minimum absolute atomic E-state index is 0.0446. The average molecular weight is 474 g/mol. The molecule has 0 saturated carbocycles. The maximum atomic E-state index is 11.8. The average Bonchev–Trinajstić information content (AvgIpc) is 3.20. The quantitative estimate of drug-likeness (QED) is 0.218. The molecule has 0 aromatic heterocycles. The van der Waals surface area contributed by atoms with Crippen molar-refractivity contribution in [3.8, 4) is 0 Å². The largest absolute Gasteiger partial charge is 0.490 e. The number of halogens is 6. The number of benzene rings is 1. The Morgan fingerprint density at radius 2 is 1.59 bits per heavy atom. The van der Waals surface area contributed by atoms with Crippen molar-refractivity contribution in [3.05, 3.63) is 35.4 Å². The van der Waals surface area contributed by atoms with Gasteiger partial charge in [0, 0.05) is 18.7 Å². The predicted molar refractivity (Wildman–Crippen MR) is 97.7 cm³/mol. The number of nitrogens with one attached hydrogen (secondary N) is 3. The highest BCUT2D eigenvalue weighted by Gasteiger charge is 2.38. The smallest absolute Gasteiger partial charge is 0.475 e. The van der Waals surface area contributed by atoms with Crippen LogP contribution in [0.5, 0.6) is 0 Å². The minimum atomic E-state index is -5.08. The number of amidine groups is 1. The molecule has 2 rings (SSSR count). The van der Waals surface area contributed by atoms with E-state index in [0.29, 0.717) is 12.1 Å². The summed E-state index contributed by atoms with van der Waals surface area (Å²) in [6.07, 6.45) is -9.26. The van der Waals surface area contributed by atoms with Crippen molar-refractivity contribution in [1.82, 2.24) is 10.6 Å². The molecular weight excluding hydrogens is 454 g/mol. The van der Waals surface area contributed by atoms with Gasteiger partial charge in [-0.25, -0.2) is 9.59 Å². The summed E-state index contributed by atoms with van der Waals surface area (Å²) in [5.41, 5.74) is 7.07. The van der Waals surface area contributed by atoms with E-state index in [9.17, 15) is 31.1 Å². The molecule has 1 saturated heterocycles. The Balaban J connectivity index is 0.000000570. The molecule has 0 radical (unpaired) electrons. The first kappa shape index (κ1) is 28.6. The van der Waals surface area contributed by atoms with Crippen LogP contribution in [0.1, 0.15) is 17.5 Å². The summed E-state index contributed by atoms with van der Waals surface area (Å²) in [5, 5.41) is 27.7. The summed E-state index contributed by atoms with van der Waals surface area (Å²) in [4.78, 5) is 29.6. The molecule has 1 aliphatic heterocycles. The number of alkyl halides is 6. The molecule has 1 amide bonds. The van der Waals surface area contributed by atoms with E-state index >= 15 is 0 Å². The first-order valence-electron chi connectivity index (χ1n) is 8.57. The van der Waals surface area contributed by atoms with Crippen LogP contribution < -0.4 is 16.4 Å². The zero-order valence-corrected chi connectivity index (χ0v) is 16.2. The van der Waals surface area contributed by atoms with Crippen LogP contribution in [0.2, 0.25) is 0 Å². The monoisotopic (exact) mass is 474 g/mol. The van der Waals surface area contributed by atoms with Gasteiger partial charge in [-0.2, -0.15) is 26.3 Å². The summed E-state index contributed by atoms with van der Waals surface area (Å²) in [6.45, 7) is 2.16. The Kier molecular flexibility index (Phi) is 11.2. The van der Waals surface area contributed by atoms with Crippen molar-refractivity contribution in [2.75, 3.05) is 13.1 Å². The summed E-state index contributed by atoms with van der Waals surface area (Å²) in [6, 6.07) is 7.37. The van der Waals surface area contributed by atoms with E-state index in [-0.39, 0.29) is 17.7 Å². The van der Waals surface area contributed by atoms with Crippen molar-refractivity contribution in [2.24, 2.45) is 11.7 Å². The number of carbonyl (C=O) groups is 3. The zero-order chi connectivity index (χ0) is 25.1. The molecule has 32 heavy (non-hydrogen) atoms. The Labute approximate surface area is 177 Å². The fourth-order valence-corrected chi connectivity index (χ4v) is 2.06. The van der Waals surface area contributed by atoms with E-state index in [0.717, 1.165) is 25.1 Å². The van der Waals surface area contributed by atoms with Gasteiger partial charge in [-0.3, -0.25) is 10.2 Å². The molecule has 15 heteroatoms. The van der Waals surface area contributed by atoms with Gasteiger partial charge in [-0.15, -0.1) is 0 Å². The standard InChI is InChI=1S/C13H18N4O.2C2HF3O2/c14-12(15)10-3-1-2-9(6-10)7-17-13(18)11-4-5-16-8-11;2*3-2(4,5)1(6)7/h1-3,6,11,16H,4-5,7-8H2,(H3,14,15)(H,17,18);2*(H,6,7)/t11-;;/m0../s1. The summed E-state index contributed by atoms with van der Waals surface area (Å²) >= 11 is 0. The van der Waals surface area contributed by atoms with Gasteiger partial charge in [0.1, 0.15) is 5.84 Å². The van der Waals surface area contributed by atoms with E-state index in [2.05, 4.69) is 10.6 Å². The molecule has 0 aliphatic carbocycles. The molecule has 0 unspecified atom stereocenters. The third-order valence-corrected chi connectivity index (χ3v) is 3.62. The number of hydrogen-bond acceptors (Lipinski definition) is 5. The highest BCUT2D eigenvalue weighted by Crippen LogP contribution is 2.13. The predicted octanol–water partition coefficient (Wildman–Crippen LogP) is 1.46. The van der Waals surface area contributed by atoms with E-state index in [4.69, 9.17) is 30.9 Å². The number of rotatable bonds is 4. The molecule has 0 bridgehead atoms. The van der Waals surface area contributed by atoms with Gasteiger partial charge in [0.25, 0.3) is 0 Å². The van der Waals surface area contributed by atoms with Crippen LogP contribution in [0, 0.1) is 11.3 Å². The fraction of sp³-hybridized carbons (Fsp3) is 0.412. The molecule has 7 N–H and O–H groups in total. The van der Waals surface area contributed by atoms with Crippen LogP contribution in [-0.4, -0.2) is 59.3 Å². The number of aliphatic carboxylic acids is 2. The second-order valence-electron chi connectivity index (χ2n) is 6.13. The highest BCUT2D eigenvalue weighted by atomic mass is 19.4. The molecule has 1 atom stereocenters. The number of amides is 1. The van der Waals surface area contributed by atoms with Crippen molar-refractivity contribution in [3.63, 3.8) is 0 Å². The third kappa shape index (κ3) is 11.7. The van der Waals surface area contributed by atoms with Gasteiger partial charge in [-0.05, 0) is 24.6 Å². The first-order valence-corrected chi connectivity index (χ1v) is 8.57. The van der Waals surface area contributed by atoms with Crippen molar-refractivity contribution >= 4 is 23.7 Å². The summed E-state index contributed by atoms with van der Waals surface area (Å²) in [7, 11) is 0. The zero-order valence-electron chi connectivity index (χ0n) is 16.2. The summed E-state index contributed by atoms with van der Waals surface area (Å²) < 4.78 is 63.5. The Hall–Kier alpha value is -3.36. The van der Waals surface area contributed by atoms with Gasteiger partial charge < -0.3 is 26.6 Å². The molecule has 1 heterocycles. The fourth-order valence-electron chi connectivity index (χ4n) is 2.06. The van der Waals surface area contributed by atoms with Crippen LogP contribution in [0.4, 0.5) is 26.3 Å². The van der Waals surface area contributed by atoms with Gasteiger partial charge in [0.15, 0.2) is 0 Å². The lowest BCUT2D eigenvalue weighted by molar-refractivity contribution is -0.193. The molecular formula is C17H20F6N4O5. The van der Waals surface area contributed by atoms with Crippen LogP contribution in [0.3, 0.4) is 0 Å². The Morgan fingerprint density at radius 1 is 1.09 bits per heavy atom. The second-order valence-corrected chi connectivity index (χ2v) is 6.13. The van der Waals surface area contributed by atoms with E-state index < -0.39 is 24.3 Å². The number of carbonyl (C=O) groups excluding carboxylic acids is 1. The van der Waals surface area contributed by atoms with E-state index in [1.165, 1.54) is 0 Å². The molecule has 1 fully saturated rings. The van der Waals surface area contributed by atoms with Crippen LogP contribution >= 0.6 is 0 Å². The Morgan fingerprint density at radius 3 is 1.97 bits per heavy atom. The van der Waals surface area contributed by atoms with Gasteiger partial charge in [0.05, 0.1) is 5.92 Å². The molecule has 1 aromatic carbocycles. The molecule has 9 nitrogen and oxygen atoms in total. The molecule has 1 aromatic rings. The number of carboxylic acids is 2. The normalized spacial score (nSPS) is 15.4. The molecule has 180 valence electrons. The van der Waals surface area contributed by atoms with E-state index in [1.807, 2.05) is 18.2 Å². The van der Waals surface area contributed by atoms with Crippen molar-refractivity contribution in [2.45, 2.75) is 25.3 Å². The van der Waals surface area contributed by atoms with Crippen LogP contribution in [0.25, 0.3) is 0 Å². The summed E-state index contributed by atoms with van der Waals surface area (Å²) in [5.74, 6) is -5.29. The third-order valence-electron chi connectivity index (χ3n) is 3.62. The van der Waals surface area contributed by atoms with Crippen molar-refractivity contribution in [1.29, 1.82) is 5.41 Å². The molecule has 1 aliphatic rings. The van der Waals surface area contributed by atoms with Crippen LogP contribution in [-0.2, 0) is 20.9 Å². The minimum Gasteiger partial charge on any atom is -0.475 e. The molecule has 0 spiro atoms. The maximum Gasteiger partial charge on any atom is 0.490 e. The lowest BCUT2D eigenvalue weighted by Crippen LogP contribution is -2.31. The van der Waals surface area contributed by atoms with Gasteiger partial charge in [0.2, 0.25) is 5.91 Å². The first-order chi connectivity index (χ1) is 14.6. The number of nitrogen functional groups attached to an aromatic ring is 1. The van der Waals surface area contributed by atoms with Gasteiger partial charge in [-0.1, -0.05) is 18.2 Å². The number of carboxylic acid groups (broad SMARTS) is 2. The highest BCUT2D eigenvalue weighted by molar-refractivity contribution is 5.95. The second kappa shape index (κ2) is 12.5. The Bertz CT molecular complexity index is 783. The number of hydrogen-bond donors (Lipinski definition) is 6. The van der Waals surface area contributed by atoms with Crippen LogP contribution in [0.15, 0.2) is 24.3 Å².